The lowest BCUT2D eigenvalue weighted by Gasteiger charge is -2.27. The van der Waals surface area contributed by atoms with E-state index in [-0.39, 0.29) is 11.7 Å². The van der Waals surface area contributed by atoms with Crippen LogP contribution in [0.15, 0.2) is 17.4 Å². The van der Waals surface area contributed by atoms with E-state index in [9.17, 15) is 4.79 Å². The van der Waals surface area contributed by atoms with Crippen LogP contribution in [0.25, 0.3) is 0 Å². The fourth-order valence-electron chi connectivity index (χ4n) is 2.44. The van der Waals surface area contributed by atoms with Gasteiger partial charge in [0, 0.05) is 6.04 Å². The summed E-state index contributed by atoms with van der Waals surface area (Å²) >= 11 is 1.36. The van der Waals surface area contributed by atoms with Gasteiger partial charge in [-0.3, -0.25) is 9.78 Å². The molecule has 0 saturated heterocycles. The van der Waals surface area contributed by atoms with Gasteiger partial charge in [0.15, 0.2) is 0 Å². The van der Waals surface area contributed by atoms with Gasteiger partial charge in [0.1, 0.15) is 10.8 Å². The van der Waals surface area contributed by atoms with Crippen molar-refractivity contribution in [3.8, 4) is 0 Å². The van der Waals surface area contributed by atoms with Gasteiger partial charge in [-0.05, 0) is 38.5 Å². The number of nitrogens with zero attached hydrogens (tertiary/aromatic N) is 2. The first-order valence-electron chi connectivity index (χ1n) is 7.54. The minimum atomic E-state index is -0.219. The molecular formula is C15H23N3O2S. The van der Waals surface area contributed by atoms with Gasteiger partial charge in [0.25, 0.3) is 0 Å². The standard InChI is InChI=1S/C15H23N3O2S/c1-3-20-15(19)10-21-14-9-16-8-13(18-14)17-12-6-4-11(2)5-7-12/h8-9,11-12H,3-7,10H2,1-2H3,(H,17,18). The zero-order valence-electron chi connectivity index (χ0n) is 12.7. The zero-order valence-corrected chi connectivity index (χ0v) is 13.5. The Kier molecular flexibility index (Phi) is 6.29. The van der Waals surface area contributed by atoms with Crippen molar-refractivity contribution < 1.29 is 9.53 Å². The maximum Gasteiger partial charge on any atom is 0.316 e. The van der Waals surface area contributed by atoms with Gasteiger partial charge < -0.3 is 10.1 Å². The van der Waals surface area contributed by atoms with Crippen molar-refractivity contribution in [3.63, 3.8) is 0 Å². The molecule has 0 aromatic carbocycles. The third-order valence-corrected chi connectivity index (χ3v) is 4.50. The minimum absolute atomic E-state index is 0.219. The maximum absolute atomic E-state index is 11.3. The first-order chi connectivity index (χ1) is 10.2. The number of aromatic nitrogens is 2. The molecule has 0 spiro atoms. The number of hydrogen-bond acceptors (Lipinski definition) is 6. The molecule has 0 bridgehead atoms. The van der Waals surface area contributed by atoms with Crippen molar-refractivity contribution in [2.75, 3.05) is 17.7 Å². The second-order valence-electron chi connectivity index (χ2n) is 5.44. The summed E-state index contributed by atoms with van der Waals surface area (Å²) in [5, 5.41) is 4.20. The number of anilines is 1. The normalized spacial score (nSPS) is 21.8. The van der Waals surface area contributed by atoms with Crippen molar-refractivity contribution >= 4 is 23.5 Å². The predicted molar refractivity (Wildman–Crippen MR) is 84.4 cm³/mol. The van der Waals surface area contributed by atoms with Crippen LogP contribution in [0.4, 0.5) is 5.82 Å². The van der Waals surface area contributed by atoms with Crippen molar-refractivity contribution in [2.24, 2.45) is 5.92 Å². The molecule has 5 nitrogen and oxygen atoms in total. The first-order valence-corrected chi connectivity index (χ1v) is 8.53. The number of esters is 1. The lowest BCUT2D eigenvalue weighted by atomic mass is 9.87. The zero-order chi connectivity index (χ0) is 15.1. The molecule has 0 atom stereocenters. The highest BCUT2D eigenvalue weighted by molar-refractivity contribution is 7.99. The summed E-state index contributed by atoms with van der Waals surface area (Å²) in [5.41, 5.74) is 0. The van der Waals surface area contributed by atoms with Crippen LogP contribution in [-0.2, 0) is 9.53 Å². The monoisotopic (exact) mass is 309 g/mol. The Morgan fingerprint density at radius 1 is 1.38 bits per heavy atom. The van der Waals surface area contributed by atoms with Crippen LogP contribution >= 0.6 is 11.8 Å². The summed E-state index contributed by atoms with van der Waals surface area (Å²) in [6, 6.07) is 0.487. The summed E-state index contributed by atoms with van der Waals surface area (Å²) in [4.78, 5) is 20.0. The minimum Gasteiger partial charge on any atom is -0.465 e. The molecule has 0 unspecified atom stereocenters. The van der Waals surface area contributed by atoms with E-state index in [4.69, 9.17) is 4.74 Å². The molecule has 1 aromatic rings. The van der Waals surface area contributed by atoms with Gasteiger partial charge in [0.2, 0.25) is 0 Å². The summed E-state index contributed by atoms with van der Waals surface area (Å²) < 4.78 is 4.90. The Bertz CT molecular complexity index is 462. The lowest BCUT2D eigenvalue weighted by molar-refractivity contribution is -0.139. The van der Waals surface area contributed by atoms with Gasteiger partial charge >= 0.3 is 5.97 Å². The molecule has 1 heterocycles. The van der Waals surface area contributed by atoms with E-state index < -0.39 is 0 Å². The van der Waals surface area contributed by atoms with Gasteiger partial charge in [-0.1, -0.05) is 18.7 Å². The average molecular weight is 309 g/mol. The van der Waals surface area contributed by atoms with Crippen molar-refractivity contribution in [3.05, 3.63) is 12.4 Å². The average Bonchev–Trinajstić information content (AvgIpc) is 2.48. The van der Waals surface area contributed by atoms with E-state index in [2.05, 4.69) is 22.2 Å². The molecule has 2 rings (SSSR count). The maximum atomic E-state index is 11.3. The Balaban J connectivity index is 1.84. The molecule has 1 saturated carbocycles. The van der Waals surface area contributed by atoms with Crippen LogP contribution in [0.5, 0.6) is 0 Å². The summed E-state index contributed by atoms with van der Waals surface area (Å²) in [6.07, 6.45) is 8.32. The van der Waals surface area contributed by atoms with E-state index in [0.29, 0.717) is 12.6 Å². The second kappa shape index (κ2) is 8.22. The van der Waals surface area contributed by atoms with Crippen LogP contribution in [0, 0.1) is 5.92 Å². The highest BCUT2D eigenvalue weighted by Gasteiger charge is 2.18. The SMILES string of the molecule is CCOC(=O)CSc1cncc(NC2CCC(C)CC2)n1. The Hall–Kier alpha value is -1.30. The predicted octanol–water partition coefficient (Wildman–Crippen LogP) is 3.12. The second-order valence-corrected chi connectivity index (χ2v) is 6.43. The highest BCUT2D eigenvalue weighted by Crippen LogP contribution is 2.26. The number of thioether (sulfide) groups is 1. The molecule has 1 fully saturated rings. The first kappa shape index (κ1) is 16.1. The van der Waals surface area contributed by atoms with Gasteiger partial charge in [0.05, 0.1) is 24.8 Å². The number of carbonyl (C=O) groups is 1. The topological polar surface area (TPSA) is 64.1 Å². The molecule has 1 N–H and O–H groups in total. The Morgan fingerprint density at radius 3 is 2.86 bits per heavy atom. The molecule has 116 valence electrons. The molecular weight excluding hydrogens is 286 g/mol. The fraction of sp³-hybridized carbons (Fsp3) is 0.667. The lowest BCUT2D eigenvalue weighted by Crippen LogP contribution is -2.25. The smallest absolute Gasteiger partial charge is 0.316 e. The summed E-state index contributed by atoms with van der Waals surface area (Å²) in [5.74, 6) is 1.68. The number of carbonyl (C=O) groups excluding carboxylic acids is 1. The van der Waals surface area contributed by atoms with E-state index in [1.165, 1.54) is 37.4 Å². The molecule has 1 aliphatic carbocycles. The van der Waals surface area contributed by atoms with E-state index >= 15 is 0 Å². The molecule has 0 aliphatic heterocycles. The number of rotatable bonds is 6. The van der Waals surface area contributed by atoms with Gasteiger partial charge in [-0.25, -0.2) is 4.98 Å². The van der Waals surface area contributed by atoms with Crippen LogP contribution in [0.2, 0.25) is 0 Å². The molecule has 6 heteroatoms. The molecule has 0 radical (unpaired) electrons. The van der Waals surface area contributed by atoms with Crippen molar-refractivity contribution in [2.45, 2.75) is 50.6 Å². The van der Waals surface area contributed by atoms with Crippen LogP contribution < -0.4 is 5.32 Å². The van der Waals surface area contributed by atoms with Gasteiger partial charge in [-0.15, -0.1) is 0 Å². The Labute approximate surface area is 130 Å². The third kappa shape index (κ3) is 5.53. The summed E-state index contributed by atoms with van der Waals surface area (Å²) in [6.45, 7) is 4.52. The fourth-order valence-corrected chi connectivity index (χ4v) is 3.08. The van der Waals surface area contributed by atoms with E-state index in [1.807, 2.05) is 0 Å². The molecule has 1 aliphatic rings. The van der Waals surface area contributed by atoms with Crippen LogP contribution in [0.3, 0.4) is 0 Å². The summed E-state index contributed by atoms with van der Waals surface area (Å²) in [7, 11) is 0. The van der Waals surface area contributed by atoms with Crippen molar-refractivity contribution in [1.29, 1.82) is 0 Å². The molecule has 1 aromatic heterocycles. The van der Waals surface area contributed by atoms with Crippen molar-refractivity contribution in [1.82, 2.24) is 9.97 Å². The van der Waals surface area contributed by atoms with E-state index in [0.717, 1.165) is 16.8 Å². The van der Waals surface area contributed by atoms with E-state index in [1.54, 1.807) is 19.3 Å². The number of ether oxygens (including phenoxy) is 1. The number of hydrogen-bond donors (Lipinski definition) is 1. The molecule has 0 amide bonds. The largest absolute Gasteiger partial charge is 0.465 e. The van der Waals surface area contributed by atoms with Crippen LogP contribution in [-0.4, -0.2) is 34.3 Å². The van der Waals surface area contributed by atoms with Gasteiger partial charge in [-0.2, -0.15) is 0 Å². The highest BCUT2D eigenvalue weighted by atomic mass is 32.2. The van der Waals surface area contributed by atoms with Crippen LogP contribution in [0.1, 0.15) is 39.5 Å². The quantitative estimate of drug-likeness (QED) is 0.643. The third-order valence-electron chi connectivity index (χ3n) is 3.62. The Morgan fingerprint density at radius 2 is 2.14 bits per heavy atom. The molecule has 21 heavy (non-hydrogen) atoms. The number of nitrogens with one attached hydrogen (secondary N) is 1.